The summed E-state index contributed by atoms with van der Waals surface area (Å²) in [5, 5.41) is 18.3. The van der Waals surface area contributed by atoms with Crippen LogP contribution in [0.3, 0.4) is 0 Å². The maximum atomic E-state index is 13.6. The first-order valence-electron chi connectivity index (χ1n) is 9.43. The zero-order chi connectivity index (χ0) is 20.8. The summed E-state index contributed by atoms with van der Waals surface area (Å²) in [6.45, 7) is 0. The number of hydrogen-bond acceptors (Lipinski definition) is 5. The lowest BCUT2D eigenvalue weighted by atomic mass is 10.1. The lowest BCUT2D eigenvalue weighted by Crippen LogP contribution is -2.04. The highest BCUT2D eigenvalue weighted by Gasteiger charge is 2.22. The predicted molar refractivity (Wildman–Crippen MR) is 115 cm³/mol. The molecular formula is C22H16ClFN4O2. The summed E-state index contributed by atoms with van der Waals surface area (Å²) < 4.78 is 13.6. The zero-order valence-corrected chi connectivity index (χ0v) is 16.4. The number of rotatable bonds is 5. The Morgan fingerprint density at radius 1 is 1.10 bits per heavy atom. The second kappa shape index (κ2) is 7.11. The van der Waals surface area contributed by atoms with Crippen LogP contribution in [-0.2, 0) is 0 Å². The number of nitrogens with zero attached hydrogens (tertiary/aromatic N) is 2. The van der Waals surface area contributed by atoms with Gasteiger partial charge in [0.1, 0.15) is 17.5 Å². The van der Waals surface area contributed by atoms with Gasteiger partial charge in [-0.05, 0) is 49.2 Å². The summed E-state index contributed by atoms with van der Waals surface area (Å²) in [5.41, 5.74) is 1.23. The Balaban J connectivity index is 1.70. The molecule has 0 saturated heterocycles. The van der Waals surface area contributed by atoms with E-state index in [-0.39, 0.29) is 10.6 Å². The average molecular weight is 423 g/mol. The molecule has 150 valence electrons. The molecule has 1 aliphatic carbocycles. The van der Waals surface area contributed by atoms with Gasteiger partial charge in [0, 0.05) is 34.1 Å². The maximum absolute atomic E-state index is 13.6. The number of carboxylic acids is 1. The van der Waals surface area contributed by atoms with E-state index in [1.165, 1.54) is 18.2 Å². The molecule has 30 heavy (non-hydrogen) atoms. The largest absolute Gasteiger partial charge is 0.478 e. The molecule has 0 amide bonds. The number of aromatic nitrogens is 2. The first kappa shape index (κ1) is 18.6. The van der Waals surface area contributed by atoms with Crippen molar-refractivity contribution in [3.8, 4) is 0 Å². The van der Waals surface area contributed by atoms with Gasteiger partial charge in [-0.1, -0.05) is 17.7 Å². The van der Waals surface area contributed by atoms with E-state index in [1.54, 1.807) is 24.4 Å². The first-order valence-corrected chi connectivity index (χ1v) is 9.81. The summed E-state index contributed by atoms with van der Waals surface area (Å²) >= 11 is 5.92. The molecule has 1 aliphatic rings. The third kappa shape index (κ3) is 3.48. The van der Waals surface area contributed by atoms with E-state index >= 15 is 0 Å². The summed E-state index contributed by atoms with van der Waals surface area (Å²) in [4.78, 5) is 20.6. The third-order valence-electron chi connectivity index (χ3n) is 5.04. The molecule has 4 aromatic rings. The SMILES string of the molecule is O=C(O)c1ccc2c(c1)nc(Nc1ccc(F)c(Cl)c1)c1cc(NC3CC3)ncc12. The van der Waals surface area contributed by atoms with Gasteiger partial charge in [0.05, 0.1) is 16.1 Å². The monoisotopic (exact) mass is 422 g/mol. The third-order valence-corrected chi connectivity index (χ3v) is 5.33. The van der Waals surface area contributed by atoms with E-state index in [9.17, 15) is 14.3 Å². The van der Waals surface area contributed by atoms with Crippen molar-refractivity contribution in [3.05, 3.63) is 65.1 Å². The Morgan fingerprint density at radius 3 is 2.67 bits per heavy atom. The van der Waals surface area contributed by atoms with Gasteiger partial charge in [0.2, 0.25) is 0 Å². The van der Waals surface area contributed by atoms with Crippen LogP contribution in [0.2, 0.25) is 5.02 Å². The number of aromatic carboxylic acids is 1. The van der Waals surface area contributed by atoms with Crippen molar-refractivity contribution in [2.24, 2.45) is 0 Å². The van der Waals surface area contributed by atoms with Crippen molar-refractivity contribution in [1.29, 1.82) is 0 Å². The van der Waals surface area contributed by atoms with Crippen molar-refractivity contribution in [1.82, 2.24) is 9.97 Å². The highest BCUT2D eigenvalue weighted by atomic mass is 35.5. The van der Waals surface area contributed by atoms with Gasteiger partial charge in [-0.2, -0.15) is 0 Å². The van der Waals surface area contributed by atoms with Crippen molar-refractivity contribution < 1.29 is 14.3 Å². The molecule has 2 heterocycles. The van der Waals surface area contributed by atoms with Crippen LogP contribution in [0.4, 0.5) is 21.7 Å². The van der Waals surface area contributed by atoms with Crippen molar-refractivity contribution in [2.45, 2.75) is 18.9 Å². The minimum absolute atomic E-state index is 0.00369. The molecule has 0 spiro atoms. The summed E-state index contributed by atoms with van der Waals surface area (Å²) in [6.07, 6.45) is 3.99. The van der Waals surface area contributed by atoms with Gasteiger partial charge in [0.25, 0.3) is 0 Å². The molecule has 2 aromatic carbocycles. The first-order chi connectivity index (χ1) is 14.5. The molecule has 0 radical (unpaired) electrons. The maximum Gasteiger partial charge on any atom is 0.335 e. The quantitative estimate of drug-likeness (QED) is 0.363. The molecular weight excluding hydrogens is 407 g/mol. The Hall–Kier alpha value is -3.45. The van der Waals surface area contributed by atoms with Gasteiger partial charge in [0.15, 0.2) is 0 Å². The van der Waals surface area contributed by atoms with Gasteiger partial charge in [-0.25, -0.2) is 19.2 Å². The smallest absolute Gasteiger partial charge is 0.335 e. The molecule has 0 atom stereocenters. The van der Waals surface area contributed by atoms with E-state index in [1.807, 2.05) is 6.07 Å². The summed E-state index contributed by atoms with van der Waals surface area (Å²) in [5.74, 6) is -0.289. The van der Waals surface area contributed by atoms with Crippen molar-refractivity contribution in [3.63, 3.8) is 0 Å². The van der Waals surface area contributed by atoms with Gasteiger partial charge < -0.3 is 15.7 Å². The number of carbonyl (C=O) groups is 1. The number of halogens is 2. The van der Waals surface area contributed by atoms with E-state index in [2.05, 4.69) is 20.6 Å². The van der Waals surface area contributed by atoms with E-state index in [0.29, 0.717) is 23.1 Å². The lowest BCUT2D eigenvalue weighted by molar-refractivity contribution is 0.0697. The molecule has 0 aliphatic heterocycles. The zero-order valence-electron chi connectivity index (χ0n) is 15.6. The van der Waals surface area contributed by atoms with Gasteiger partial charge in [-0.15, -0.1) is 0 Å². The van der Waals surface area contributed by atoms with Crippen molar-refractivity contribution in [2.75, 3.05) is 10.6 Å². The van der Waals surface area contributed by atoms with Gasteiger partial charge >= 0.3 is 5.97 Å². The topological polar surface area (TPSA) is 87.1 Å². The Kier molecular flexibility index (Phi) is 4.40. The average Bonchev–Trinajstić information content (AvgIpc) is 3.54. The number of benzene rings is 2. The Bertz CT molecular complexity index is 1320. The second-order valence-electron chi connectivity index (χ2n) is 7.29. The molecule has 0 unspecified atom stereocenters. The fourth-order valence-corrected chi connectivity index (χ4v) is 3.53. The van der Waals surface area contributed by atoms with E-state index in [4.69, 9.17) is 11.6 Å². The molecule has 6 nitrogen and oxygen atoms in total. The lowest BCUT2D eigenvalue weighted by Gasteiger charge is -2.14. The molecule has 0 bridgehead atoms. The summed E-state index contributed by atoms with van der Waals surface area (Å²) in [6, 6.07) is 11.5. The number of pyridine rings is 2. The van der Waals surface area contributed by atoms with Crippen molar-refractivity contribution >= 4 is 56.6 Å². The Morgan fingerprint density at radius 2 is 1.93 bits per heavy atom. The van der Waals surface area contributed by atoms with Crippen LogP contribution in [0.1, 0.15) is 23.2 Å². The molecule has 3 N–H and O–H groups in total. The van der Waals surface area contributed by atoms with E-state index in [0.717, 1.165) is 34.8 Å². The van der Waals surface area contributed by atoms with Crippen LogP contribution in [0.5, 0.6) is 0 Å². The number of carboxylic acid groups (broad SMARTS) is 1. The second-order valence-corrected chi connectivity index (χ2v) is 7.69. The van der Waals surface area contributed by atoms with Crippen LogP contribution >= 0.6 is 11.6 Å². The molecule has 1 saturated carbocycles. The predicted octanol–water partition coefficient (Wildman–Crippen LogP) is 5.59. The minimum atomic E-state index is -1.03. The van der Waals surface area contributed by atoms with Crippen LogP contribution < -0.4 is 10.6 Å². The normalized spacial score (nSPS) is 13.5. The van der Waals surface area contributed by atoms with Crippen LogP contribution in [-0.4, -0.2) is 27.1 Å². The summed E-state index contributed by atoms with van der Waals surface area (Å²) in [7, 11) is 0. The highest BCUT2D eigenvalue weighted by Crippen LogP contribution is 2.34. The number of fused-ring (bicyclic) bond motifs is 3. The fourth-order valence-electron chi connectivity index (χ4n) is 3.35. The van der Waals surface area contributed by atoms with Crippen LogP contribution in [0.25, 0.3) is 21.7 Å². The minimum Gasteiger partial charge on any atom is -0.478 e. The fraction of sp³-hybridized carbons (Fsp3) is 0.136. The molecule has 8 heteroatoms. The number of nitrogens with one attached hydrogen (secondary N) is 2. The van der Waals surface area contributed by atoms with Crippen LogP contribution in [0, 0.1) is 5.82 Å². The van der Waals surface area contributed by atoms with Gasteiger partial charge in [-0.3, -0.25) is 0 Å². The number of hydrogen-bond donors (Lipinski definition) is 3. The highest BCUT2D eigenvalue weighted by molar-refractivity contribution is 6.31. The standard InChI is InChI=1S/C22H16ClFN4O2/c23-17-8-13(4-6-18(17)24)27-21-15-9-20(26-12-2-3-12)25-10-16(15)14-5-1-11(22(29)30)7-19(14)28-21/h1,4-10,12H,2-3H2,(H,25,26)(H,27,28)(H,29,30). The molecule has 5 rings (SSSR count). The number of anilines is 3. The van der Waals surface area contributed by atoms with Crippen LogP contribution in [0.15, 0.2) is 48.7 Å². The Labute approximate surface area is 175 Å². The molecule has 1 fully saturated rings. The van der Waals surface area contributed by atoms with E-state index < -0.39 is 11.8 Å². The molecule has 2 aromatic heterocycles.